The van der Waals surface area contributed by atoms with Crippen LogP contribution in [0.2, 0.25) is 0 Å². The molecule has 0 saturated heterocycles. The third kappa shape index (κ3) is 2.86. The SMILES string of the molecule is Cc1ccccc1C1CC(N[C@H](C)C2CCCC2)C1. The lowest BCUT2D eigenvalue weighted by atomic mass is 9.74. The predicted octanol–water partition coefficient (Wildman–Crippen LogP) is 4.41. The number of hydrogen-bond donors (Lipinski definition) is 1. The highest BCUT2D eigenvalue weighted by atomic mass is 15.0. The lowest BCUT2D eigenvalue weighted by Gasteiger charge is -2.40. The van der Waals surface area contributed by atoms with E-state index in [-0.39, 0.29) is 0 Å². The normalized spacial score (nSPS) is 29.2. The van der Waals surface area contributed by atoms with Crippen molar-refractivity contribution in [3.8, 4) is 0 Å². The van der Waals surface area contributed by atoms with E-state index in [2.05, 4.69) is 43.4 Å². The molecule has 3 rings (SSSR count). The molecule has 1 N–H and O–H groups in total. The van der Waals surface area contributed by atoms with Gasteiger partial charge in [-0.3, -0.25) is 0 Å². The Balaban J connectivity index is 1.49. The van der Waals surface area contributed by atoms with Gasteiger partial charge >= 0.3 is 0 Å². The average Bonchev–Trinajstić information content (AvgIpc) is 2.88. The minimum atomic E-state index is 0.727. The van der Waals surface area contributed by atoms with Crippen molar-refractivity contribution in [1.29, 1.82) is 0 Å². The molecule has 0 unspecified atom stereocenters. The molecule has 2 fully saturated rings. The number of rotatable bonds is 4. The molecule has 1 heteroatoms. The fraction of sp³-hybridized carbons (Fsp3) is 0.667. The van der Waals surface area contributed by atoms with Gasteiger partial charge in [0.2, 0.25) is 0 Å². The summed E-state index contributed by atoms with van der Waals surface area (Å²) in [7, 11) is 0. The second kappa shape index (κ2) is 5.66. The molecule has 1 atom stereocenters. The van der Waals surface area contributed by atoms with Crippen LogP contribution in [0.5, 0.6) is 0 Å². The van der Waals surface area contributed by atoms with Crippen LogP contribution >= 0.6 is 0 Å². The quantitative estimate of drug-likeness (QED) is 0.842. The van der Waals surface area contributed by atoms with Crippen molar-refractivity contribution in [2.45, 2.75) is 70.4 Å². The molecule has 0 spiro atoms. The molecule has 1 aromatic rings. The smallest absolute Gasteiger partial charge is 0.00813 e. The molecular weight excluding hydrogens is 230 g/mol. The van der Waals surface area contributed by atoms with Gasteiger partial charge in [-0.2, -0.15) is 0 Å². The summed E-state index contributed by atoms with van der Waals surface area (Å²) in [6.07, 6.45) is 8.47. The molecule has 0 aliphatic heterocycles. The monoisotopic (exact) mass is 257 g/mol. The minimum Gasteiger partial charge on any atom is -0.311 e. The van der Waals surface area contributed by atoms with E-state index in [1.54, 1.807) is 5.56 Å². The molecule has 104 valence electrons. The Bertz CT molecular complexity index is 413. The summed E-state index contributed by atoms with van der Waals surface area (Å²) < 4.78 is 0. The Hall–Kier alpha value is -0.820. The minimum absolute atomic E-state index is 0.727. The average molecular weight is 257 g/mol. The van der Waals surface area contributed by atoms with E-state index < -0.39 is 0 Å². The van der Waals surface area contributed by atoms with Crippen LogP contribution in [0.4, 0.5) is 0 Å². The number of nitrogens with one attached hydrogen (secondary N) is 1. The van der Waals surface area contributed by atoms with Gasteiger partial charge in [0, 0.05) is 12.1 Å². The Morgan fingerprint density at radius 1 is 1.11 bits per heavy atom. The fourth-order valence-electron chi connectivity index (χ4n) is 4.02. The first-order chi connectivity index (χ1) is 9.24. The van der Waals surface area contributed by atoms with E-state index in [9.17, 15) is 0 Å². The van der Waals surface area contributed by atoms with Gasteiger partial charge in [-0.1, -0.05) is 37.1 Å². The highest BCUT2D eigenvalue weighted by Crippen LogP contribution is 2.39. The van der Waals surface area contributed by atoms with Gasteiger partial charge in [-0.15, -0.1) is 0 Å². The zero-order chi connectivity index (χ0) is 13.2. The third-order valence-electron chi connectivity index (χ3n) is 5.37. The van der Waals surface area contributed by atoms with E-state index in [4.69, 9.17) is 0 Å². The van der Waals surface area contributed by atoms with Crippen LogP contribution < -0.4 is 5.32 Å². The maximum atomic E-state index is 3.88. The molecule has 2 aliphatic carbocycles. The molecule has 2 saturated carbocycles. The number of benzene rings is 1. The van der Waals surface area contributed by atoms with Crippen LogP contribution in [-0.4, -0.2) is 12.1 Å². The largest absolute Gasteiger partial charge is 0.311 e. The molecule has 0 aromatic heterocycles. The standard InChI is InChI=1S/C18H27N/c1-13-7-3-6-10-18(13)16-11-17(12-16)19-14(2)15-8-4-5-9-15/h3,6-7,10,14-17,19H,4-5,8-9,11-12H2,1-2H3/t14-,16?,17?/m1/s1. The highest BCUT2D eigenvalue weighted by Gasteiger charge is 2.33. The van der Waals surface area contributed by atoms with Gasteiger partial charge in [-0.25, -0.2) is 0 Å². The first-order valence-corrected chi connectivity index (χ1v) is 8.05. The summed E-state index contributed by atoms with van der Waals surface area (Å²) in [6.45, 7) is 4.65. The Morgan fingerprint density at radius 2 is 1.79 bits per heavy atom. The van der Waals surface area contributed by atoms with Gasteiger partial charge in [0.25, 0.3) is 0 Å². The molecule has 1 aromatic carbocycles. The Morgan fingerprint density at radius 3 is 2.47 bits per heavy atom. The third-order valence-corrected chi connectivity index (χ3v) is 5.37. The second-order valence-corrected chi connectivity index (χ2v) is 6.72. The van der Waals surface area contributed by atoms with Crippen LogP contribution in [0.15, 0.2) is 24.3 Å². The fourth-order valence-corrected chi connectivity index (χ4v) is 4.02. The summed E-state index contributed by atoms with van der Waals surface area (Å²) in [4.78, 5) is 0. The van der Waals surface area contributed by atoms with Crippen molar-refractivity contribution in [3.05, 3.63) is 35.4 Å². The summed E-state index contributed by atoms with van der Waals surface area (Å²) in [5.41, 5.74) is 3.05. The van der Waals surface area contributed by atoms with E-state index in [1.165, 1.54) is 44.1 Å². The maximum absolute atomic E-state index is 3.88. The van der Waals surface area contributed by atoms with Crippen molar-refractivity contribution >= 4 is 0 Å². The van der Waals surface area contributed by atoms with Crippen LogP contribution in [0, 0.1) is 12.8 Å². The first-order valence-electron chi connectivity index (χ1n) is 8.05. The van der Waals surface area contributed by atoms with Crippen LogP contribution in [-0.2, 0) is 0 Å². The predicted molar refractivity (Wildman–Crippen MR) is 81.5 cm³/mol. The van der Waals surface area contributed by atoms with E-state index in [1.807, 2.05) is 0 Å². The first kappa shape index (κ1) is 13.2. The maximum Gasteiger partial charge on any atom is 0.00813 e. The molecule has 19 heavy (non-hydrogen) atoms. The van der Waals surface area contributed by atoms with E-state index in [0.29, 0.717) is 0 Å². The van der Waals surface area contributed by atoms with Gasteiger partial charge in [0.1, 0.15) is 0 Å². The molecule has 0 heterocycles. The van der Waals surface area contributed by atoms with Crippen molar-refractivity contribution < 1.29 is 0 Å². The summed E-state index contributed by atoms with van der Waals surface area (Å²) in [5, 5.41) is 3.88. The lowest BCUT2D eigenvalue weighted by molar-refractivity contribution is 0.238. The number of hydrogen-bond acceptors (Lipinski definition) is 1. The second-order valence-electron chi connectivity index (χ2n) is 6.72. The van der Waals surface area contributed by atoms with Crippen molar-refractivity contribution in [1.82, 2.24) is 5.32 Å². The summed E-state index contributed by atoms with van der Waals surface area (Å²) in [5.74, 6) is 1.74. The van der Waals surface area contributed by atoms with Gasteiger partial charge < -0.3 is 5.32 Å². The Labute approximate surface area is 117 Å². The van der Waals surface area contributed by atoms with Crippen molar-refractivity contribution in [2.75, 3.05) is 0 Å². The lowest BCUT2D eigenvalue weighted by Crippen LogP contribution is -2.46. The number of aryl methyl sites for hydroxylation is 1. The highest BCUT2D eigenvalue weighted by molar-refractivity contribution is 5.31. The molecular formula is C18H27N. The van der Waals surface area contributed by atoms with Crippen LogP contribution in [0.3, 0.4) is 0 Å². The molecule has 0 radical (unpaired) electrons. The van der Waals surface area contributed by atoms with Crippen LogP contribution in [0.1, 0.15) is 62.5 Å². The van der Waals surface area contributed by atoms with Crippen LogP contribution in [0.25, 0.3) is 0 Å². The molecule has 0 amide bonds. The van der Waals surface area contributed by atoms with Gasteiger partial charge in [0.05, 0.1) is 0 Å². The Kier molecular flexibility index (Phi) is 3.93. The zero-order valence-electron chi connectivity index (χ0n) is 12.4. The molecule has 2 aliphatic rings. The molecule has 0 bridgehead atoms. The zero-order valence-corrected chi connectivity index (χ0v) is 12.4. The van der Waals surface area contributed by atoms with E-state index in [0.717, 1.165) is 23.9 Å². The summed E-state index contributed by atoms with van der Waals surface area (Å²) >= 11 is 0. The summed E-state index contributed by atoms with van der Waals surface area (Å²) in [6, 6.07) is 10.4. The topological polar surface area (TPSA) is 12.0 Å². The van der Waals surface area contributed by atoms with E-state index >= 15 is 0 Å². The molecule has 1 nitrogen and oxygen atoms in total. The van der Waals surface area contributed by atoms with Crippen molar-refractivity contribution in [2.24, 2.45) is 5.92 Å². The van der Waals surface area contributed by atoms with Gasteiger partial charge in [-0.05, 0) is 62.5 Å². The van der Waals surface area contributed by atoms with Crippen molar-refractivity contribution in [3.63, 3.8) is 0 Å². The van der Waals surface area contributed by atoms with Gasteiger partial charge in [0.15, 0.2) is 0 Å².